The molecule has 2 aromatic carbocycles. The Bertz CT molecular complexity index is 726. The quantitative estimate of drug-likeness (QED) is 0.470. The van der Waals surface area contributed by atoms with Gasteiger partial charge in [0, 0.05) is 0 Å². The summed E-state index contributed by atoms with van der Waals surface area (Å²) in [5, 5.41) is 9.81. The van der Waals surface area contributed by atoms with Crippen LogP contribution in [0, 0.1) is 10.7 Å². The van der Waals surface area contributed by atoms with Gasteiger partial charge in [0.2, 0.25) is 0 Å². The monoisotopic (exact) mass is 649 g/mol. The van der Waals surface area contributed by atoms with Crippen LogP contribution in [0.15, 0.2) is 30.3 Å². The number of ketones is 1. The van der Waals surface area contributed by atoms with Crippen molar-refractivity contribution in [2.45, 2.75) is 19.4 Å². The lowest BCUT2D eigenvalue weighted by atomic mass is 10.0. The maximum atomic E-state index is 11.3. The number of carbonyl (C=O) groups excluding carboxylic acids is 1. The van der Waals surface area contributed by atoms with E-state index in [1.165, 1.54) is 6.92 Å². The third-order valence-electron chi connectivity index (χ3n) is 3.19. The lowest BCUT2D eigenvalue weighted by Crippen LogP contribution is -2.30. The summed E-state index contributed by atoms with van der Waals surface area (Å²) in [5.41, 5.74) is 6.80. The van der Waals surface area contributed by atoms with Crippen molar-refractivity contribution in [3.63, 3.8) is 0 Å². The summed E-state index contributed by atoms with van der Waals surface area (Å²) in [7, 11) is 0. The molecule has 7 heteroatoms. The predicted octanol–water partition coefficient (Wildman–Crippen LogP) is 4.46. The molecular weight excluding hydrogens is 635 g/mol. The average molecular weight is 649 g/mol. The number of hydrogen-bond donors (Lipinski definition) is 2. The van der Waals surface area contributed by atoms with Crippen LogP contribution >= 0.6 is 67.8 Å². The fraction of sp³-hybridized carbons (Fsp3) is 0.188. The van der Waals surface area contributed by atoms with Gasteiger partial charge in [-0.05, 0) is 111 Å². The summed E-state index contributed by atoms with van der Waals surface area (Å²) in [6.45, 7) is 1.50. The number of ether oxygens (including phenoxy) is 1. The van der Waals surface area contributed by atoms with E-state index in [1.807, 2.05) is 18.2 Å². The van der Waals surface area contributed by atoms with E-state index in [4.69, 9.17) is 10.5 Å². The summed E-state index contributed by atoms with van der Waals surface area (Å²) in [4.78, 5) is 11.3. The molecule has 0 aliphatic carbocycles. The average Bonchev–Trinajstić information content (AvgIpc) is 2.47. The second-order valence-electron chi connectivity index (χ2n) is 5.02. The molecule has 2 rings (SSSR count). The van der Waals surface area contributed by atoms with Gasteiger partial charge in [-0.3, -0.25) is 4.79 Å². The first kappa shape index (κ1) is 19.2. The molecule has 0 bridgehead atoms. The zero-order valence-electron chi connectivity index (χ0n) is 12.1. The highest BCUT2D eigenvalue weighted by Crippen LogP contribution is 2.34. The van der Waals surface area contributed by atoms with E-state index in [-0.39, 0.29) is 11.5 Å². The SMILES string of the molecule is CC(=O)C(N)Cc1ccc(Oc2cc(I)c(O)c(I)c2)c(I)c1. The van der Waals surface area contributed by atoms with Crippen molar-refractivity contribution < 1.29 is 14.6 Å². The van der Waals surface area contributed by atoms with Crippen molar-refractivity contribution in [3.05, 3.63) is 46.6 Å². The van der Waals surface area contributed by atoms with Crippen LogP contribution in [0.2, 0.25) is 0 Å². The summed E-state index contributed by atoms with van der Waals surface area (Å²) in [6, 6.07) is 8.85. The van der Waals surface area contributed by atoms with Gasteiger partial charge in [-0.2, -0.15) is 0 Å². The number of hydrogen-bond acceptors (Lipinski definition) is 4. The van der Waals surface area contributed by atoms with Crippen LogP contribution in [0.4, 0.5) is 0 Å². The van der Waals surface area contributed by atoms with E-state index in [9.17, 15) is 9.90 Å². The minimum Gasteiger partial charge on any atom is -0.506 e. The molecule has 4 nitrogen and oxygen atoms in total. The van der Waals surface area contributed by atoms with Crippen LogP contribution in [0.3, 0.4) is 0 Å². The molecule has 1 unspecified atom stereocenters. The number of phenols is 1. The van der Waals surface area contributed by atoms with Crippen molar-refractivity contribution in [2.75, 3.05) is 0 Å². The van der Waals surface area contributed by atoms with E-state index in [2.05, 4.69) is 67.8 Å². The molecule has 0 spiro atoms. The molecule has 0 fully saturated rings. The van der Waals surface area contributed by atoms with Crippen LogP contribution in [-0.2, 0) is 11.2 Å². The van der Waals surface area contributed by atoms with E-state index < -0.39 is 6.04 Å². The maximum absolute atomic E-state index is 11.3. The minimum absolute atomic E-state index is 0.0198. The van der Waals surface area contributed by atoms with Gasteiger partial charge >= 0.3 is 0 Å². The molecule has 3 N–H and O–H groups in total. The highest BCUT2D eigenvalue weighted by atomic mass is 127. The Morgan fingerprint density at radius 1 is 1.17 bits per heavy atom. The summed E-state index contributed by atoms with van der Waals surface area (Å²) < 4.78 is 8.32. The number of rotatable bonds is 5. The van der Waals surface area contributed by atoms with Gasteiger partial charge in [-0.25, -0.2) is 0 Å². The summed E-state index contributed by atoms with van der Waals surface area (Å²) in [5.74, 6) is 1.64. The van der Waals surface area contributed by atoms with Gasteiger partial charge in [0.25, 0.3) is 0 Å². The van der Waals surface area contributed by atoms with E-state index in [0.29, 0.717) is 12.2 Å². The molecule has 122 valence electrons. The Labute approximate surface area is 175 Å². The Morgan fingerprint density at radius 3 is 2.30 bits per heavy atom. The van der Waals surface area contributed by atoms with Crippen LogP contribution in [0.1, 0.15) is 12.5 Å². The third kappa shape index (κ3) is 5.16. The summed E-state index contributed by atoms with van der Waals surface area (Å²) in [6.07, 6.45) is 0.515. The third-order valence-corrected chi connectivity index (χ3v) is 5.68. The van der Waals surface area contributed by atoms with Gasteiger partial charge in [0.1, 0.15) is 23.0 Å². The van der Waals surface area contributed by atoms with Crippen molar-refractivity contribution in [2.24, 2.45) is 5.73 Å². The molecule has 0 aliphatic rings. The summed E-state index contributed by atoms with van der Waals surface area (Å²) >= 11 is 6.34. The predicted molar refractivity (Wildman–Crippen MR) is 115 cm³/mol. The zero-order chi connectivity index (χ0) is 17.1. The van der Waals surface area contributed by atoms with Gasteiger partial charge in [-0.15, -0.1) is 0 Å². The van der Waals surface area contributed by atoms with Crippen molar-refractivity contribution in [1.82, 2.24) is 0 Å². The first-order valence-electron chi connectivity index (χ1n) is 6.68. The second-order valence-corrected chi connectivity index (χ2v) is 8.51. The number of phenolic OH excluding ortho intramolecular Hbond substituents is 1. The van der Waals surface area contributed by atoms with Crippen LogP contribution in [0.5, 0.6) is 17.2 Å². The molecular formula is C16H14I3NO3. The number of carbonyl (C=O) groups is 1. The first-order valence-corrected chi connectivity index (χ1v) is 9.92. The lowest BCUT2D eigenvalue weighted by Gasteiger charge is -2.12. The Hall–Kier alpha value is -0.140. The molecule has 1 atom stereocenters. The smallest absolute Gasteiger partial charge is 0.146 e. The number of halogens is 3. The lowest BCUT2D eigenvalue weighted by molar-refractivity contribution is -0.118. The highest BCUT2D eigenvalue weighted by molar-refractivity contribution is 14.1. The highest BCUT2D eigenvalue weighted by Gasteiger charge is 2.12. The molecule has 2 aromatic rings. The number of benzene rings is 2. The Morgan fingerprint density at radius 2 is 1.78 bits per heavy atom. The largest absolute Gasteiger partial charge is 0.506 e. The fourth-order valence-electron chi connectivity index (χ4n) is 1.88. The minimum atomic E-state index is -0.474. The van der Waals surface area contributed by atoms with Crippen molar-refractivity contribution in [3.8, 4) is 17.2 Å². The number of Topliss-reactive ketones (excluding diaryl/α,β-unsaturated/α-hetero) is 1. The Balaban J connectivity index is 2.20. The molecule has 0 saturated heterocycles. The normalized spacial score (nSPS) is 12.0. The van der Waals surface area contributed by atoms with Crippen LogP contribution in [0.25, 0.3) is 0 Å². The standard InChI is InChI=1S/C16H14I3NO3/c1-8(21)14(20)5-9-2-3-15(11(17)4-9)23-10-6-12(18)16(22)13(19)7-10/h2-4,6-7,14,22H,5,20H2,1H3. The van der Waals surface area contributed by atoms with Gasteiger partial charge in [0.15, 0.2) is 0 Å². The molecule has 0 saturated carbocycles. The molecule has 0 aromatic heterocycles. The Kier molecular flexibility index (Phi) is 6.92. The van der Waals surface area contributed by atoms with Gasteiger partial charge in [0.05, 0.1) is 16.8 Å². The fourth-order valence-corrected chi connectivity index (χ4v) is 4.28. The van der Waals surface area contributed by atoms with Crippen LogP contribution in [-0.4, -0.2) is 16.9 Å². The maximum Gasteiger partial charge on any atom is 0.146 e. The van der Waals surface area contributed by atoms with Crippen molar-refractivity contribution in [1.29, 1.82) is 0 Å². The zero-order valence-corrected chi connectivity index (χ0v) is 18.6. The van der Waals surface area contributed by atoms with Gasteiger partial charge in [-0.1, -0.05) is 6.07 Å². The van der Waals surface area contributed by atoms with E-state index in [1.54, 1.807) is 12.1 Å². The van der Waals surface area contributed by atoms with Gasteiger partial charge < -0.3 is 15.6 Å². The molecule has 0 aliphatic heterocycles. The molecule has 23 heavy (non-hydrogen) atoms. The second kappa shape index (κ2) is 8.30. The number of nitrogens with two attached hydrogens (primary N) is 1. The molecule has 0 amide bonds. The molecule has 0 radical (unpaired) electrons. The molecule has 0 heterocycles. The van der Waals surface area contributed by atoms with E-state index >= 15 is 0 Å². The van der Waals surface area contributed by atoms with Crippen molar-refractivity contribution >= 4 is 73.6 Å². The van der Waals surface area contributed by atoms with E-state index in [0.717, 1.165) is 22.0 Å². The van der Waals surface area contributed by atoms with Crippen LogP contribution < -0.4 is 10.5 Å². The number of aromatic hydroxyl groups is 1. The topological polar surface area (TPSA) is 72.6 Å². The first-order chi connectivity index (χ1) is 10.8.